The zero-order chi connectivity index (χ0) is 8.23. The number of aromatic nitrogens is 1. The van der Waals surface area contributed by atoms with Crippen LogP contribution in [0.1, 0.15) is 31.2 Å². The normalized spacial score (nSPS) is 16.5. The molecule has 0 aliphatic heterocycles. The van der Waals surface area contributed by atoms with Crippen molar-refractivity contribution in [2.75, 3.05) is 0 Å². The number of rotatable bonds is 1. The summed E-state index contributed by atoms with van der Waals surface area (Å²) in [6.07, 6.45) is 11.3. The Morgan fingerprint density at radius 1 is 1.25 bits per heavy atom. The van der Waals surface area contributed by atoms with Crippen molar-refractivity contribution >= 4 is 6.08 Å². The van der Waals surface area contributed by atoms with Crippen LogP contribution in [0.3, 0.4) is 0 Å². The van der Waals surface area contributed by atoms with Gasteiger partial charge in [-0.05, 0) is 37.3 Å². The molecule has 0 atom stereocenters. The van der Waals surface area contributed by atoms with Gasteiger partial charge in [0.15, 0.2) is 0 Å². The second kappa shape index (κ2) is 3.53. The topological polar surface area (TPSA) is 12.9 Å². The highest BCUT2D eigenvalue weighted by molar-refractivity contribution is 5.51. The van der Waals surface area contributed by atoms with Crippen molar-refractivity contribution in [1.29, 1.82) is 0 Å². The molecular formula is C11H13N. The van der Waals surface area contributed by atoms with Gasteiger partial charge in [-0.25, -0.2) is 0 Å². The van der Waals surface area contributed by atoms with Crippen molar-refractivity contribution in [2.24, 2.45) is 0 Å². The van der Waals surface area contributed by atoms with E-state index in [4.69, 9.17) is 0 Å². The maximum Gasteiger partial charge on any atom is 0.0340 e. The van der Waals surface area contributed by atoms with Crippen LogP contribution in [0, 0.1) is 0 Å². The highest BCUT2D eigenvalue weighted by Gasteiger charge is 2.05. The third-order valence-corrected chi connectivity index (χ3v) is 2.30. The molecule has 1 aliphatic rings. The third kappa shape index (κ3) is 1.73. The Hall–Kier alpha value is -1.11. The zero-order valence-electron chi connectivity index (χ0n) is 7.16. The van der Waals surface area contributed by atoms with Gasteiger partial charge in [0, 0.05) is 12.4 Å². The molecule has 2 rings (SSSR count). The van der Waals surface area contributed by atoms with Crippen LogP contribution in [-0.2, 0) is 0 Å². The van der Waals surface area contributed by atoms with E-state index in [1.54, 1.807) is 5.57 Å². The molecule has 0 amide bonds. The largest absolute Gasteiger partial charge is 0.264 e. The fraction of sp³-hybridized carbons (Fsp3) is 0.364. The second-order valence-corrected chi connectivity index (χ2v) is 3.30. The molecule has 1 heterocycles. The monoisotopic (exact) mass is 159 g/mol. The van der Waals surface area contributed by atoms with Crippen LogP contribution < -0.4 is 0 Å². The molecule has 0 aromatic carbocycles. The Kier molecular flexibility index (Phi) is 2.21. The summed E-state index contributed by atoms with van der Waals surface area (Å²) in [5.74, 6) is 0. The fourth-order valence-electron chi connectivity index (χ4n) is 1.67. The van der Waals surface area contributed by atoms with Crippen LogP contribution >= 0.6 is 0 Å². The molecule has 12 heavy (non-hydrogen) atoms. The summed E-state index contributed by atoms with van der Waals surface area (Å²) in [5, 5.41) is 0. The maximum atomic E-state index is 4.08. The van der Waals surface area contributed by atoms with Crippen molar-refractivity contribution < 1.29 is 0 Å². The standard InChI is InChI=1S/C11H13N/c1-2-5-10(4-1)8-11-6-3-7-12-9-11/h3,6-9H,1-2,4-5H2. The van der Waals surface area contributed by atoms with Crippen molar-refractivity contribution in [3.8, 4) is 0 Å². The smallest absolute Gasteiger partial charge is 0.0340 e. The molecule has 1 fully saturated rings. The second-order valence-electron chi connectivity index (χ2n) is 3.30. The van der Waals surface area contributed by atoms with E-state index in [1.807, 2.05) is 18.5 Å². The minimum atomic E-state index is 1.24. The number of pyridine rings is 1. The molecule has 1 saturated carbocycles. The van der Waals surface area contributed by atoms with Crippen LogP contribution in [-0.4, -0.2) is 4.98 Å². The number of nitrogens with zero attached hydrogens (tertiary/aromatic N) is 1. The van der Waals surface area contributed by atoms with E-state index in [1.165, 1.54) is 31.2 Å². The first kappa shape index (κ1) is 7.53. The van der Waals surface area contributed by atoms with Crippen molar-refractivity contribution in [2.45, 2.75) is 25.7 Å². The Balaban J connectivity index is 2.16. The predicted molar refractivity (Wildman–Crippen MR) is 50.7 cm³/mol. The van der Waals surface area contributed by atoms with Gasteiger partial charge in [0.2, 0.25) is 0 Å². The summed E-state index contributed by atoms with van der Waals surface area (Å²) in [6.45, 7) is 0. The van der Waals surface area contributed by atoms with E-state index in [2.05, 4.69) is 17.1 Å². The number of allylic oxidation sites excluding steroid dienone is 1. The van der Waals surface area contributed by atoms with Crippen molar-refractivity contribution in [3.63, 3.8) is 0 Å². The lowest BCUT2D eigenvalue weighted by Crippen LogP contribution is -1.76. The summed E-state index contributed by atoms with van der Waals surface area (Å²) >= 11 is 0. The predicted octanol–water partition coefficient (Wildman–Crippen LogP) is 3.04. The van der Waals surface area contributed by atoms with Gasteiger partial charge in [-0.3, -0.25) is 4.98 Å². The first-order valence-electron chi connectivity index (χ1n) is 4.54. The lowest BCUT2D eigenvalue weighted by molar-refractivity contribution is 0.886. The molecule has 0 saturated heterocycles. The SMILES string of the molecule is C(=C1CCCC1)c1cccnc1. The zero-order valence-corrected chi connectivity index (χ0v) is 7.16. The molecule has 1 aromatic rings. The van der Waals surface area contributed by atoms with Gasteiger partial charge in [0.05, 0.1) is 0 Å². The van der Waals surface area contributed by atoms with Gasteiger partial charge in [0.1, 0.15) is 0 Å². The van der Waals surface area contributed by atoms with E-state index in [0.29, 0.717) is 0 Å². The molecule has 1 nitrogen and oxygen atoms in total. The van der Waals surface area contributed by atoms with E-state index in [9.17, 15) is 0 Å². The average Bonchev–Trinajstić information content (AvgIpc) is 2.59. The van der Waals surface area contributed by atoms with Gasteiger partial charge >= 0.3 is 0 Å². The van der Waals surface area contributed by atoms with E-state index in [-0.39, 0.29) is 0 Å². The first-order valence-corrected chi connectivity index (χ1v) is 4.54. The van der Waals surface area contributed by atoms with Crippen molar-refractivity contribution in [3.05, 3.63) is 35.7 Å². The summed E-state index contributed by atoms with van der Waals surface area (Å²) in [7, 11) is 0. The lowest BCUT2D eigenvalue weighted by atomic mass is 10.1. The highest BCUT2D eigenvalue weighted by atomic mass is 14.6. The van der Waals surface area contributed by atoms with Gasteiger partial charge < -0.3 is 0 Å². The van der Waals surface area contributed by atoms with Gasteiger partial charge in [0.25, 0.3) is 0 Å². The molecule has 0 N–H and O–H groups in total. The van der Waals surface area contributed by atoms with Gasteiger partial charge in [-0.2, -0.15) is 0 Å². The molecule has 0 unspecified atom stereocenters. The summed E-state index contributed by atoms with van der Waals surface area (Å²) in [4.78, 5) is 4.08. The number of hydrogen-bond donors (Lipinski definition) is 0. The molecule has 0 radical (unpaired) electrons. The van der Waals surface area contributed by atoms with Gasteiger partial charge in [-0.1, -0.05) is 17.7 Å². The summed E-state index contributed by atoms with van der Waals surface area (Å²) < 4.78 is 0. The Labute approximate surface area is 73.1 Å². The minimum absolute atomic E-state index is 1.24. The fourth-order valence-corrected chi connectivity index (χ4v) is 1.67. The Bertz CT molecular complexity index is 266. The van der Waals surface area contributed by atoms with Crippen LogP contribution in [0.2, 0.25) is 0 Å². The molecule has 0 spiro atoms. The van der Waals surface area contributed by atoms with Crippen LogP contribution in [0.25, 0.3) is 6.08 Å². The third-order valence-electron chi connectivity index (χ3n) is 2.30. The Morgan fingerprint density at radius 2 is 2.08 bits per heavy atom. The van der Waals surface area contributed by atoms with Crippen molar-refractivity contribution in [1.82, 2.24) is 4.98 Å². The molecule has 0 bridgehead atoms. The average molecular weight is 159 g/mol. The van der Waals surface area contributed by atoms with E-state index < -0.39 is 0 Å². The summed E-state index contributed by atoms with van der Waals surface area (Å²) in [6, 6.07) is 4.10. The van der Waals surface area contributed by atoms with E-state index >= 15 is 0 Å². The quantitative estimate of drug-likeness (QED) is 0.613. The van der Waals surface area contributed by atoms with Crippen LogP contribution in [0.5, 0.6) is 0 Å². The molecule has 1 heteroatoms. The first-order chi connectivity index (χ1) is 5.95. The number of hydrogen-bond acceptors (Lipinski definition) is 1. The molecule has 62 valence electrons. The molecule has 1 aromatic heterocycles. The highest BCUT2D eigenvalue weighted by Crippen LogP contribution is 2.25. The Morgan fingerprint density at radius 3 is 2.75 bits per heavy atom. The lowest BCUT2D eigenvalue weighted by Gasteiger charge is -1.95. The van der Waals surface area contributed by atoms with E-state index in [0.717, 1.165) is 0 Å². The van der Waals surface area contributed by atoms with Gasteiger partial charge in [-0.15, -0.1) is 0 Å². The van der Waals surface area contributed by atoms with Crippen LogP contribution in [0.4, 0.5) is 0 Å². The van der Waals surface area contributed by atoms with Crippen LogP contribution in [0.15, 0.2) is 30.1 Å². The maximum absolute atomic E-state index is 4.08. The minimum Gasteiger partial charge on any atom is -0.264 e. The molecule has 1 aliphatic carbocycles. The summed E-state index contributed by atoms with van der Waals surface area (Å²) in [5.41, 5.74) is 2.83. The molecular weight excluding hydrogens is 146 g/mol.